The summed E-state index contributed by atoms with van der Waals surface area (Å²) >= 11 is 1.48. The molecule has 0 aliphatic heterocycles. The van der Waals surface area contributed by atoms with Gasteiger partial charge in [0.05, 0.1) is 5.56 Å². The van der Waals surface area contributed by atoms with E-state index in [1.165, 1.54) is 28.7 Å². The van der Waals surface area contributed by atoms with Crippen LogP contribution in [0.25, 0.3) is 16.4 Å². The fraction of sp³-hybridized carbons (Fsp3) is 0.125. The van der Waals surface area contributed by atoms with Gasteiger partial charge in [-0.15, -0.1) is 16.4 Å². The number of anilines is 1. The lowest BCUT2D eigenvalue weighted by atomic mass is 10.1. The Morgan fingerprint density at radius 2 is 2.19 bits per heavy atom. The molecule has 26 heavy (non-hydrogen) atoms. The van der Waals surface area contributed by atoms with E-state index in [0.717, 1.165) is 16.0 Å². The van der Waals surface area contributed by atoms with Gasteiger partial charge in [0.15, 0.2) is 5.82 Å². The number of tetrazole rings is 1. The lowest BCUT2D eigenvalue weighted by Crippen LogP contribution is -2.15. The number of aromatic amines is 1. The molecule has 10 heteroatoms. The first-order valence-electron chi connectivity index (χ1n) is 7.74. The van der Waals surface area contributed by atoms with E-state index in [9.17, 15) is 4.79 Å². The van der Waals surface area contributed by atoms with Crippen LogP contribution < -0.4 is 5.32 Å². The van der Waals surface area contributed by atoms with Crippen molar-refractivity contribution in [3.05, 3.63) is 52.9 Å². The summed E-state index contributed by atoms with van der Waals surface area (Å²) in [6, 6.07) is 7.40. The average molecular weight is 366 g/mol. The van der Waals surface area contributed by atoms with Crippen LogP contribution in [-0.2, 0) is 0 Å². The maximum atomic E-state index is 12.9. The Morgan fingerprint density at radius 3 is 2.92 bits per heavy atom. The number of rotatable bonds is 4. The maximum Gasteiger partial charge on any atom is 0.259 e. The second kappa shape index (κ2) is 6.48. The molecule has 9 nitrogen and oxygen atoms in total. The van der Waals surface area contributed by atoms with E-state index in [1.54, 1.807) is 0 Å². The topological polar surface area (TPSA) is 114 Å². The van der Waals surface area contributed by atoms with Crippen LogP contribution in [0.2, 0.25) is 0 Å². The second-order valence-electron chi connectivity index (χ2n) is 5.59. The molecule has 0 bridgehead atoms. The number of aryl methyl sites for hydroxylation is 1. The smallest absolute Gasteiger partial charge is 0.259 e. The van der Waals surface area contributed by atoms with E-state index < -0.39 is 0 Å². The lowest BCUT2D eigenvalue weighted by molar-refractivity contribution is 0.102. The van der Waals surface area contributed by atoms with Crippen molar-refractivity contribution in [3.8, 4) is 16.4 Å². The van der Waals surface area contributed by atoms with Crippen molar-refractivity contribution in [1.82, 2.24) is 35.4 Å². The largest absolute Gasteiger partial charge is 0.322 e. The molecule has 1 amide bonds. The van der Waals surface area contributed by atoms with Crippen LogP contribution in [0.3, 0.4) is 0 Å². The van der Waals surface area contributed by atoms with Crippen molar-refractivity contribution in [2.24, 2.45) is 0 Å². The molecular formula is C16H14N8OS. The van der Waals surface area contributed by atoms with Gasteiger partial charge in [0, 0.05) is 16.1 Å². The minimum absolute atomic E-state index is 0.216. The number of amides is 1. The van der Waals surface area contributed by atoms with Gasteiger partial charge in [-0.05, 0) is 42.0 Å². The molecule has 0 unspecified atom stereocenters. The highest BCUT2D eigenvalue weighted by atomic mass is 32.1. The van der Waals surface area contributed by atoms with Crippen molar-refractivity contribution >= 4 is 22.9 Å². The molecule has 2 N–H and O–H groups in total. The van der Waals surface area contributed by atoms with Gasteiger partial charge >= 0.3 is 0 Å². The van der Waals surface area contributed by atoms with Crippen LogP contribution in [-0.4, -0.2) is 41.3 Å². The molecule has 0 saturated carbocycles. The summed E-state index contributed by atoms with van der Waals surface area (Å²) in [5, 5.41) is 21.5. The van der Waals surface area contributed by atoms with Gasteiger partial charge in [0.25, 0.3) is 5.91 Å². The zero-order valence-electron chi connectivity index (χ0n) is 14.0. The van der Waals surface area contributed by atoms with Gasteiger partial charge in [0.1, 0.15) is 17.7 Å². The number of hydrogen-bond acceptors (Lipinski definition) is 7. The van der Waals surface area contributed by atoms with E-state index in [4.69, 9.17) is 0 Å². The molecule has 4 rings (SSSR count). The first-order valence-corrected chi connectivity index (χ1v) is 8.55. The van der Waals surface area contributed by atoms with Gasteiger partial charge in [-0.25, -0.2) is 4.98 Å². The number of hydrogen-bond donors (Lipinski definition) is 2. The zero-order valence-corrected chi connectivity index (χ0v) is 14.8. The van der Waals surface area contributed by atoms with E-state index in [-0.39, 0.29) is 5.91 Å². The predicted octanol–water partition coefficient (Wildman–Crippen LogP) is 2.38. The van der Waals surface area contributed by atoms with Crippen LogP contribution >= 0.6 is 11.3 Å². The van der Waals surface area contributed by atoms with Crippen LogP contribution in [0.4, 0.5) is 5.69 Å². The van der Waals surface area contributed by atoms with E-state index in [1.807, 2.05) is 38.1 Å². The number of aromatic nitrogens is 7. The van der Waals surface area contributed by atoms with Gasteiger partial charge in [-0.2, -0.15) is 9.78 Å². The SMILES string of the molecule is Cc1sc(-n2cnnn2)c(C(=O)Nc2cccc(-c3ncn[nH]3)c2)c1C. The molecule has 0 spiro atoms. The third kappa shape index (κ3) is 2.86. The standard InChI is InChI=1S/C16H14N8OS/c1-9-10(2)26-16(24-8-19-22-23-24)13(9)15(25)20-12-5-3-4-11(6-12)14-17-7-18-21-14/h3-8H,1-2H3,(H,20,25)(H,17,18,21). The van der Waals surface area contributed by atoms with Crippen LogP contribution in [0.15, 0.2) is 36.9 Å². The molecule has 0 radical (unpaired) electrons. The monoisotopic (exact) mass is 366 g/mol. The Bertz CT molecular complexity index is 1050. The van der Waals surface area contributed by atoms with Crippen molar-refractivity contribution < 1.29 is 4.79 Å². The summed E-state index contributed by atoms with van der Waals surface area (Å²) in [6.45, 7) is 3.88. The molecule has 130 valence electrons. The highest BCUT2D eigenvalue weighted by molar-refractivity contribution is 7.15. The van der Waals surface area contributed by atoms with Gasteiger partial charge < -0.3 is 5.32 Å². The van der Waals surface area contributed by atoms with E-state index >= 15 is 0 Å². The Labute approximate surface area is 152 Å². The summed E-state index contributed by atoms with van der Waals surface area (Å²) in [4.78, 5) is 18.1. The Balaban J connectivity index is 1.67. The summed E-state index contributed by atoms with van der Waals surface area (Å²) in [5.74, 6) is 0.421. The van der Waals surface area contributed by atoms with Crippen LogP contribution in [0, 0.1) is 13.8 Å². The quantitative estimate of drug-likeness (QED) is 0.573. The molecule has 3 heterocycles. The number of carbonyl (C=O) groups excluding carboxylic acids is 1. The number of carbonyl (C=O) groups is 1. The predicted molar refractivity (Wildman–Crippen MR) is 96.3 cm³/mol. The second-order valence-corrected chi connectivity index (χ2v) is 6.79. The minimum Gasteiger partial charge on any atom is -0.322 e. The molecular weight excluding hydrogens is 352 g/mol. The molecule has 1 aromatic carbocycles. The van der Waals surface area contributed by atoms with E-state index in [0.29, 0.717) is 22.1 Å². The average Bonchev–Trinajstić information content (AvgIpc) is 3.37. The number of nitrogens with one attached hydrogen (secondary N) is 2. The molecule has 0 aliphatic rings. The first-order chi connectivity index (χ1) is 12.6. The van der Waals surface area contributed by atoms with Crippen LogP contribution in [0.5, 0.6) is 0 Å². The highest BCUT2D eigenvalue weighted by Crippen LogP contribution is 2.31. The fourth-order valence-electron chi connectivity index (χ4n) is 2.57. The number of benzene rings is 1. The highest BCUT2D eigenvalue weighted by Gasteiger charge is 2.22. The normalized spacial score (nSPS) is 10.8. The Morgan fingerprint density at radius 1 is 1.31 bits per heavy atom. The first kappa shape index (κ1) is 16.1. The summed E-state index contributed by atoms with van der Waals surface area (Å²) in [6.07, 6.45) is 2.92. The number of thiophene rings is 1. The molecule has 3 aromatic heterocycles. The minimum atomic E-state index is -0.216. The van der Waals surface area contributed by atoms with Gasteiger partial charge in [-0.1, -0.05) is 12.1 Å². The zero-order chi connectivity index (χ0) is 18.1. The molecule has 0 fully saturated rings. The molecule has 0 aliphatic carbocycles. The van der Waals surface area contributed by atoms with Crippen molar-refractivity contribution in [1.29, 1.82) is 0 Å². The van der Waals surface area contributed by atoms with E-state index in [2.05, 4.69) is 36.0 Å². The van der Waals surface area contributed by atoms with Gasteiger partial charge in [0.2, 0.25) is 0 Å². The van der Waals surface area contributed by atoms with Crippen LogP contribution in [0.1, 0.15) is 20.8 Å². The summed E-state index contributed by atoms with van der Waals surface area (Å²) in [5.41, 5.74) is 2.96. The molecule has 0 atom stereocenters. The number of nitrogens with zero attached hydrogens (tertiary/aromatic N) is 6. The Hall–Kier alpha value is -3.40. The third-order valence-electron chi connectivity index (χ3n) is 3.96. The Kier molecular flexibility index (Phi) is 4.01. The van der Waals surface area contributed by atoms with Crippen molar-refractivity contribution in [2.45, 2.75) is 13.8 Å². The van der Waals surface area contributed by atoms with Crippen molar-refractivity contribution in [2.75, 3.05) is 5.32 Å². The molecule has 0 saturated heterocycles. The summed E-state index contributed by atoms with van der Waals surface area (Å²) in [7, 11) is 0. The van der Waals surface area contributed by atoms with Crippen molar-refractivity contribution in [3.63, 3.8) is 0 Å². The number of H-pyrrole nitrogens is 1. The van der Waals surface area contributed by atoms with Gasteiger partial charge in [-0.3, -0.25) is 9.89 Å². The third-order valence-corrected chi connectivity index (χ3v) is 5.16. The lowest BCUT2D eigenvalue weighted by Gasteiger charge is -2.08. The fourth-order valence-corrected chi connectivity index (χ4v) is 3.64. The maximum absolute atomic E-state index is 12.9. The molecule has 4 aromatic rings. The summed E-state index contributed by atoms with van der Waals surface area (Å²) < 4.78 is 1.50.